The summed E-state index contributed by atoms with van der Waals surface area (Å²) in [7, 11) is 1.24. The number of nitrogens with one attached hydrogen (secondary N) is 2. The van der Waals surface area contributed by atoms with E-state index in [2.05, 4.69) is 20.6 Å². The van der Waals surface area contributed by atoms with Crippen LogP contribution in [0.25, 0.3) is 0 Å². The molecule has 2 heterocycles. The Morgan fingerprint density at radius 1 is 1.44 bits per heavy atom. The molecule has 0 bridgehead atoms. The number of rotatable bonds is 6. The molecular weight excluding hydrogens is 328 g/mol. The largest absolute Gasteiger partial charge is 0.475 e. The highest BCUT2D eigenvalue weighted by Crippen LogP contribution is 2.28. The summed E-state index contributed by atoms with van der Waals surface area (Å²) < 4.78 is 6.53. The number of benzene rings is 1. The third-order valence-corrected chi connectivity index (χ3v) is 3.40. The van der Waals surface area contributed by atoms with Crippen molar-refractivity contribution in [1.29, 1.82) is 0 Å². The number of carbonyl (C=O) groups is 1. The van der Waals surface area contributed by atoms with E-state index in [1.54, 1.807) is 29.1 Å². The van der Waals surface area contributed by atoms with Gasteiger partial charge >= 0.3 is 11.6 Å². The van der Waals surface area contributed by atoms with Crippen LogP contribution in [0, 0.1) is 10.1 Å². The lowest BCUT2D eigenvalue weighted by atomic mass is 10.2. The second kappa shape index (κ2) is 6.83. The van der Waals surface area contributed by atoms with Gasteiger partial charge in [0.15, 0.2) is 0 Å². The van der Waals surface area contributed by atoms with E-state index < -0.39 is 16.5 Å². The monoisotopic (exact) mass is 342 g/mol. The summed E-state index contributed by atoms with van der Waals surface area (Å²) in [6.45, 7) is 0.536. The topological polar surface area (TPSA) is 128 Å². The second-order valence-corrected chi connectivity index (χ2v) is 5.07. The molecule has 2 aromatic heterocycles. The normalized spacial score (nSPS) is 10.4. The number of hydrogen-bond acceptors (Lipinski definition) is 6. The summed E-state index contributed by atoms with van der Waals surface area (Å²) in [6, 6.07) is 8.93. The first-order chi connectivity index (χ1) is 12.1. The zero-order valence-electron chi connectivity index (χ0n) is 13.2. The van der Waals surface area contributed by atoms with Crippen LogP contribution in [0.3, 0.4) is 0 Å². The molecule has 0 aliphatic rings. The number of aromatic nitrogens is 4. The Hall–Kier alpha value is -3.69. The molecule has 10 nitrogen and oxygen atoms in total. The number of hydrogen-bond donors (Lipinski definition) is 2. The molecule has 1 aromatic carbocycles. The fourth-order valence-electron chi connectivity index (χ4n) is 2.31. The lowest BCUT2D eigenvalue weighted by Crippen LogP contribution is -2.14. The van der Waals surface area contributed by atoms with Gasteiger partial charge in [0.25, 0.3) is 5.91 Å². The predicted molar refractivity (Wildman–Crippen MR) is 87.5 cm³/mol. The number of nitro groups is 1. The molecule has 10 heteroatoms. The lowest BCUT2D eigenvalue weighted by Gasteiger charge is -2.07. The van der Waals surface area contributed by atoms with Crippen LogP contribution in [0.5, 0.6) is 5.88 Å². The molecule has 0 aliphatic carbocycles. The van der Waals surface area contributed by atoms with Crippen LogP contribution in [0.4, 0.5) is 11.4 Å². The molecule has 2 N–H and O–H groups in total. The first-order valence-corrected chi connectivity index (χ1v) is 7.23. The fourth-order valence-corrected chi connectivity index (χ4v) is 2.31. The molecule has 3 aromatic rings. The van der Waals surface area contributed by atoms with E-state index >= 15 is 0 Å². The van der Waals surface area contributed by atoms with Crippen molar-refractivity contribution >= 4 is 17.3 Å². The molecule has 0 aliphatic heterocycles. The Kier molecular flexibility index (Phi) is 4.42. The molecular formula is C15H14N6O4. The van der Waals surface area contributed by atoms with E-state index in [9.17, 15) is 14.9 Å². The zero-order valence-corrected chi connectivity index (χ0v) is 13.2. The summed E-state index contributed by atoms with van der Waals surface area (Å²) in [6.07, 6.45) is 3.50. The van der Waals surface area contributed by atoms with E-state index in [1.165, 1.54) is 7.11 Å². The number of aromatic amines is 1. The molecule has 0 unspecified atom stereocenters. The van der Waals surface area contributed by atoms with Crippen molar-refractivity contribution in [3.8, 4) is 5.88 Å². The molecule has 0 radical (unpaired) electrons. The first kappa shape index (κ1) is 16.2. The maximum absolute atomic E-state index is 12.3. The van der Waals surface area contributed by atoms with Crippen molar-refractivity contribution in [3.05, 3.63) is 64.1 Å². The van der Waals surface area contributed by atoms with Gasteiger partial charge in [-0.15, -0.1) is 5.10 Å². The first-order valence-electron chi connectivity index (χ1n) is 7.23. The molecule has 0 spiro atoms. The van der Waals surface area contributed by atoms with Crippen molar-refractivity contribution in [2.75, 3.05) is 12.4 Å². The Morgan fingerprint density at radius 3 is 2.96 bits per heavy atom. The second-order valence-electron chi connectivity index (χ2n) is 5.07. The molecule has 25 heavy (non-hydrogen) atoms. The summed E-state index contributed by atoms with van der Waals surface area (Å²) in [5.41, 5.74) is 0.628. The van der Waals surface area contributed by atoms with Gasteiger partial charge in [-0.3, -0.25) is 24.7 Å². The third kappa shape index (κ3) is 3.47. The number of carbonyl (C=O) groups excluding carboxylic acids is 1. The van der Waals surface area contributed by atoms with E-state index in [-0.39, 0.29) is 11.6 Å². The van der Waals surface area contributed by atoms with Crippen LogP contribution in [0.2, 0.25) is 0 Å². The van der Waals surface area contributed by atoms with Crippen LogP contribution >= 0.6 is 0 Å². The standard InChI is InChI=1S/C15H14N6O4/c1-25-15-13(21(23)24)12(18-19-15)14(22)17-11-5-2-4-10(8-11)9-20-7-3-6-16-20/h2-8H,9H2,1H3,(H,17,22)(H,18,19). The highest BCUT2D eigenvalue weighted by molar-refractivity contribution is 6.06. The highest BCUT2D eigenvalue weighted by Gasteiger charge is 2.30. The smallest absolute Gasteiger partial charge is 0.362 e. The van der Waals surface area contributed by atoms with Crippen molar-refractivity contribution in [3.63, 3.8) is 0 Å². The van der Waals surface area contributed by atoms with Crippen LogP contribution in [-0.4, -0.2) is 37.9 Å². The van der Waals surface area contributed by atoms with E-state index in [0.29, 0.717) is 12.2 Å². The molecule has 128 valence electrons. The third-order valence-electron chi connectivity index (χ3n) is 3.40. The van der Waals surface area contributed by atoms with Crippen LogP contribution in [-0.2, 0) is 6.54 Å². The Morgan fingerprint density at radius 2 is 2.28 bits per heavy atom. The van der Waals surface area contributed by atoms with Gasteiger partial charge in [-0.1, -0.05) is 12.1 Å². The fraction of sp³-hybridized carbons (Fsp3) is 0.133. The minimum Gasteiger partial charge on any atom is -0.475 e. The van der Waals surface area contributed by atoms with E-state index in [1.807, 2.05) is 18.3 Å². The molecule has 0 saturated heterocycles. The van der Waals surface area contributed by atoms with E-state index in [4.69, 9.17) is 4.74 Å². The van der Waals surface area contributed by atoms with Gasteiger partial charge in [-0.25, -0.2) is 0 Å². The quantitative estimate of drug-likeness (QED) is 0.519. The average molecular weight is 342 g/mol. The number of ether oxygens (including phenoxy) is 1. The van der Waals surface area contributed by atoms with Crippen LogP contribution < -0.4 is 10.1 Å². The van der Waals surface area contributed by atoms with Crippen molar-refractivity contribution < 1.29 is 14.5 Å². The molecule has 0 atom stereocenters. The summed E-state index contributed by atoms with van der Waals surface area (Å²) in [5, 5.41) is 23.8. The summed E-state index contributed by atoms with van der Waals surface area (Å²) >= 11 is 0. The van der Waals surface area contributed by atoms with Crippen LogP contribution in [0.15, 0.2) is 42.7 Å². The Labute approximate surface area is 141 Å². The molecule has 0 fully saturated rings. The maximum Gasteiger partial charge on any atom is 0.362 e. The Balaban J connectivity index is 1.80. The van der Waals surface area contributed by atoms with Gasteiger partial charge in [-0.05, 0) is 23.8 Å². The van der Waals surface area contributed by atoms with Gasteiger partial charge < -0.3 is 10.1 Å². The van der Waals surface area contributed by atoms with Gasteiger partial charge in [0.1, 0.15) is 0 Å². The minimum atomic E-state index is -0.717. The summed E-state index contributed by atoms with van der Waals surface area (Å²) in [4.78, 5) is 22.7. The number of methoxy groups -OCH3 is 1. The Bertz CT molecular complexity index is 903. The van der Waals surface area contributed by atoms with Gasteiger partial charge in [-0.2, -0.15) is 5.10 Å². The lowest BCUT2D eigenvalue weighted by molar-refractivity contribution is -0.386. The average Bonchev–Trinajstić information content (AvgIpc) is 3.24. The highest BCUT2D eigenvalue weighted by atomic mass is 16.6. The molecule has 0 saturated carbocycles. The van der Waals surface area contributed by atoms with Gasteiger partial charge in [0.05, 0.1) is 18.6 Å². The van der Waals surface area contributed by atoms with Crippen molar-refractivity contribution in [2.24, 2.45) is 0 Å². The predicted octanol–water partition coefficient (Wildman–Crippen LogP) is 1.82. The SMILES string of the molecule is COc1n[nH]c(C(=O)Nc2cccc(Cn3cccn3)c2)c1[N+](=O)[O-]. The number of amides is 1. The maximum atomic E-state index is 12.3. The number of nitrogens with zero attached hydrogens (tertiary/aromatic N) is 4. The van der Waals surface area contributed by atoms with E-state index in [0.717, 1.165) is 5.56 Å². The summed E-state index contributed by atoms with van der Waals surface area (Å²) in [5.74, 6) is -0.929. The zero-order chi connectivity index (χ0) is 17.8. The molecule has 1 amide bonds. The van der Waals surface area contributed by atoms with Gasteiger partial charge in [0.2, 0.25) is 5.69 Å². The number of H-pyrrole nitrogens is 1. The van der Waals surface area contributed by atoms with Crippen LogP contribution in [0.1, 0.15) is 16.1 Å². The van der Waals surface area contributed by atoms with Crippen molar-refractivity contribution in [1.82, 2.24) is 20.0 Å². The van der Waals surface area contributed by atoms with Crippen molar-refractivity contribution in [2.45, 2.75) is 6.54 Å². The number of anilines is 1. The minimum absolute atomic E-state index is 0.248. The van der Waals surface area contributed by atoms with Gasteiger partial charge in [0, 0.05) is 18.1 Å². The molecule has 3 rings (SSSR count).